The molecule has 0 saturated heterocycles. The van der Waals surface area contributed by atoms with Gasteiger partial charge in [0.05, 0.1) is 11.6 Å². The van der Waals surface area contributed by atoms with Crippen molar-refractivity contribution in [3.05, 3.63) is 63.1 Å². The first-order valence-corrected chi connectivity index (χ1v) is 11.5. The Morgan fingerprint density at radius 1 is 1.16 bits per heavy atom. The Kier molecular flexibility index (Phi) is 8.84. The van der Waals surface area contributed by atoms with Crippen molar-refractivity contribution >= 4 is 35.2 Å². The SMILES string of the molecule is CCOc1cc(/C=C(\C#N)C(=O)NC2CCCCC2)cc(Cl)c1OCc1ccc(Cl)cc1. The third-order valence-corrected chi connectivity index (χ3v) is 5.78. The number of nitrogens with zero attached hydrogens (tertiary/aromatic N) is 1. The number of benzene rings is 2. The van der Waals surface area contributed by atoms with Crippen molar-refractivity contribution in [1.29, 1.82) is 5.26 Å². The van der Waals surface area contributed by atoms with Crippen LogP contribution in [0.5, 0.6) is 11.5 Å². The number of halogens is 2. The predicted octanol–water partition coefficient (Wildman–Crippen LogP) is 6.33. The van der Waals surface area contributed by atoms with Crippen molar-refractivity contribution in [2.24, 2.45) is 0 Å². The first-order valence-electron chi connectivity index (χ1n) is 10.8. The van der Waals surface area contributed by atoms with E-state index in [0.29, 0.717) is 40.3 Å². The van der Waals surface area contributed by atoms with Gasteiger partial charge in [0, 0.05) is 11.1 Å². The summed E-state index contributed by atoms with van der Waals surface area (Å²) in [4.78, 5) is 12.6. The topological polar surface area (TPSA) is 71.3 Å². The lowest BCUT2D eigenvalue weighted by Gasteiger charge is -2.22. The highest BCUT2D eigenvalue weighted by Gasteiger charge is 2.19. The van der Waals surface area contributed by atoms with Gasteiger partial charge in [0.1, 0.15) is 18.2 Å². The maximum absolute atomic E-state index is 12.6. The third kappa shape index (κ3) is 6.66. The first-order chi connectivity index (χ1) is 15.5. The molecular formula is C25H26Cl2N2O3. The Labute approximate surface area is 198 Å². The van der Waals surface area contributed by atoms with Crippen LogP contribution in [0.15, 0.2) is 42.0 Å². The normalized spacial score (nSPS) is 14.5. The van der Waals surface area contributed by atoms with E-state index < -0.39 is 0 Å². The van der Waals surface area contributed by atoms with E-state index >= 15 is 0 Å². The van der Waals surface area contributed by atoms with Crippen molar-refractivity contribution in [1.82, 2.24) is 5.32 Å². The van der Waals surface area contributed by atoms with Crippen LogP contribution in [0, 0.1) is 11.3 Å². The second kappa shape index (κ2) is 11.8. The second-order valence-electron chi connectivity index (χ2n) is 7.66. The maximum Gasteiger partial charge on any atom is 0.262 e. The molecule has 1 saturated carbocycles. The van der Waals surface area contributed by atoms with Gasteiger partial charge in [-0.15, -0.1) is 0 Å². The zero-order valence-corrected chi connectivity index (χ0v) is 19.5. The Morgan fingerprint density at radius 2 is 1.88 bits per heavy atom. The van der Waals surface area contributed by atoms with Gasteiger partial charge in [0.25, 0.3) is 5.91 Å². The van der Waals surface area contributed by atoms with Crippen LogP contribution in [-0.4, -0.2) is 18.6 Å². The van der Waals surface area contributed by atoms with Gasteiger partial charge in [0.15, 0.2) is 11.5 Å². The molecule has 0 heterocycles. The Morgan fingerprint density at radius 3 is 2.53 bits per heavy atom. The van der Waals surface area contributed by atoms with Crippen LogP contribution in [0.1, 0.15) is 50.2 Å². The van der Waals surface area contributed by atoms with Crippen molar-refractivity contribution in [3.63, 3.8) is 0 Å². The van der Waals surface area contributed by atoms with E-state index in [9.17, 15) is 10.1 Å². The summed E-state index contributed by atoms with van der Waals surface area (Å²) in [5.41, 5.74) is 1.56. The number of rotatable bonds is 8. The van der Waals surface area contributed by atoms with E-state index in [1.807, 2.05) is 25.1 Å². The monoisotopic (exact) mass is 472 g/mol. The average molecular weight is 473 g/mol. The van der Waals surface area contributed by atoms with Gasteiger partial charge in [-0.3, -0.25) is 4.79 Å². The summed E-state index contributed by atoms with van der Waals surface area (Å²) in [5.74, 6) is 0.493. The van der Waals surface area contributed by atoms with Crippen LogP contribution in [0.25, 0.3) is 6.08 Å². The number of carbonyl (C=O) groups excluding carboxylic acids is 1. The molecule has 7 heteroatoms. The van der Waals surface area contributed by atoms with Crippen LogP contribution in [0.3, 0.4) is 0 Å². The Hall–Kier alpha value is -2.68. The molecule has 0 aliphatic heterocycles. The summed E-state index contributed by atoms with van der Waals surface area (Å²) in [6, 6.07) is 12.8. The van der Waals surface area contributed by atoms with Crippen molar-refractivity contribution < 1.29 is 14.3 Å². The van der Waals surface area contributed by atoms with E-state index in [1.54, 1.807) is 24.3 Å². The molecule has 32 heavy (non-hydrogen) atoms. The fourth-order valence-electron chi connectivity index (χ4n) is 3.64. The summed E-state index contributed by atoms with van der Waals surface area (Å²) in [5, 5.41) is 13.5. The fourth-order valence-corrected chi connectivity index (χ4v) is 4.04. The molecule has 1 aliphatic rings. The molecule has 1 amide bonds. The molecule has 2 aromatic carbocycles. The summed E-state index contributed by atoms with van der Waals surface area (Å²) >= 11 is 12.4. The van der Waals surface area contributed by atoms with Crippen LogP contribution >= 0.6 is 23.2 Å². The minimum atomic E-state index is -0.364. The number of hydrogen-bond acceptors (Lipinski definition) is 4. The number of amides is 1. The van der Waals surface area contributed by atoms with Crippen LogP contribution < -0.4 is 14.8 Å². The van der Waals surface area contributed by atoms with E-state index in [0.717, 1.165) is 31.2 Å². The Bertz CT molecular complexity index is 1010. The summed E-state index contributed by atoms with van der Waals surface area (Å²) in [6.07, 6.45) is 6.81. The first kappa shape index (κ1) is 24.0. The molecule has 5 nitrogen and oxygen atoms in total. The predicted molar refractivity (Wildman–Crippen MR) is 127 cm³/mol. The lowest BCUT2D eigenvalue weighted by atomic mass is 9.95. The highest BCUT2D eigenvalue weighted by atomic mass is 35.5. The molecule has 0 spiro atoms. The third-order valence-electron chi connectivity index (χ3n) is 5.24. The van der Waals surface area contributed by atoms with Gasteiger partial charge in [0.2, 0.25) is 0 Å². The van der Waals surface area contributed by atoms with E-state index in [2.05, 4.69) is 5.32 Å². The maximum atomic E-state index is 12.6. The second-order valence-corrected chi connectivity index (χ2v) is 8.50. The molecular weight excluding hydrogens is 447 g/mol. The van der Waals surface area contributed by atoms with Crippen LogP contribution in [-0.2, 0) is 11.4 Å². The van der Waals surface area contributed by atoms with E-state index in [4.69, 9.17) is 32.7 Å². The summed E-state index contributed by atoms with van der Waals surface area (Å²) < 4.78 is 11.6. The molecule has 1 fully saturated rings. The molecule has 1 N–H and O–H groups in total. The molecule has 168 valence electrons. The van der Waals surface area contributed by atoms with Crippen LogP contribution in [0.4, 0.5) is 0 Å². The minimum Gasteiger partial charge on any atom is -0.490 e. The van der Waals surface area contributed by atoms with Gasteiger partial charge in [-0.1, -0.05) is 54.6 Å². The summed E-state index contributed by atoms with van der Waals surface area (Å²) in [7, 11) is 0. The molecule has 2 aromatic rings. The van der Waals surface area contributed by atoms with Gasteiger partial charge >= 0.3 is 0 Å². The standard InChI is InChI=1S/C25H26Cl2N2O3/c1-2-31-23-14-18(12-19(15-28)25(30)29-21-6-4-3-5-7-21)13-22(27)24(23)32-16-17-8-10-20(26)11-9-17/h8-14,21H,2-7,16H2,1H3,(H,29,30)/b19-12+. The van der Waals surface area contributed by atoms with E-state index in [1.165, 1.54) is 12.5 Å². The lowest BCUT2D eigenvalue weighted by Crippen LogP contribution is -2.36. The van der Waals surface area contributed by atoms with Gasteiger partial charge < -0.3 is 14.8 Å². The quantitative estimate of drug-likeness (QED) is 0.359. The fraction of sp³-hybridized carbons (Fsp3) is 0.360. The van der Waals surface area contributed by atoms with Crippen molar-refractivity contribution in [2.45, 2.75) is 51.7 Å². The number of nitrogens with one attached hydrogen (secondary N) is 1. The van der Waals surface area contributed by atoms with Crippen LogP contribution in [0.2, 0.25) is 10.0 Å². The largest absolute Gasteiger partial charge is 0.490 e. The Balaban J connectivity index is 1.79. The number of nitriles is 1. The average Bonchev–Trinajstić information content (AvgIpc) is 2.79. The number of carbonyl (C=O) groups is 1. The van der Waals surface area contributed by atoms with Gasteiger partial charge in [-0.25, -0.2) is 0 Å². The molecule has 3 rings (SSSR count). The van der Waals surface area contributed by atoms with Gasteiger partial charge in [-0.05, 0) is 61.2 Å². The molecule has 1 aliphatic carbocycles. The molecule has 0 unspecified atom stereocenters. The zero-order valence-electron chi connectivity index (χ0n) is 18.0. The molecule has 0 radical (unpaired) electrons. The van der Waals surface area contributed by atoms with Gasteiger partial charge in [-0.2, -0.15) is 5.26 Å². The number of ether oxygens (including phenoxy) is 2. The molecule has 0 bridgehead atoms. The zero-order chi connectivity index (χ0) is 22.9. The smallest absolute Gasteiger partial charge is 0.262 e. The highest BCUT2D eigenvalue weighted by Crippen LogP contribution is 2.38. The number of hydrogen-bond donors (Lipinski definition) is 1. The summed E-state index contributed by atoms with van der Waals surface area (Å²) in [6.45, 7) is 2.56. The lowest BCUT2D eigenvalue weighted by molar-refractivity contribution is -0.117. The minimum absolute atomic E-state index is 0.0314. The highest BCUT2D eigenvalue weighted by molar-refractivity contribution is 6.32. The van der Waals surface area contributed by atoms with Crippen molar-refractivity contribution in [3.8, 4) is 17.6 Å². The van der Waals surface area contributed by atoms with Crippen molar-refractivity contribution in [2.75, 3.05) is 6.61 Å². The van der Waals surface area contributed by atoms with E-state index in [-0.39, 0.29) is 17.5 Å². The molecule has 0 atom stereocenters. The molecule has 0 aromatic heterocycles.